The molecule has 0 aromatic carbocycles. The largest absolute Gasteiger partial charge is 0.391 e. The lowest BCUT2D eigenvalue weighted by atomic mass is 10.2. The minimum atomic E-state index is -3.16. The summed E-state index contributed by atoms with van der Waals surface area (Å²) in [5.74, 6) is -0.751. The van der Waals surface area contributed by atoms with E-state index >= 15 is 0 Å². The Morgan fingerprint density at radius 3 is 2.23 bits per heavy atom. The molecule has 0 aliphatic heterocycles. The predicted octanol–water partition coefficient (Wildman–Crippen LogP) is 2.44. The molecule has 0 fully saturated rings. The summed E-state index contributed by atoms with van der Waals surface area (Å²) in [6.45, 7) is 7.05. The number of carbonyl (C=O) groups excluding carboxylic acids is 1. The molecule has 5 heteroatoms. The fraction of sp³-hybridized carbons (Fsp3) is 0.875. The van der Waals surface area contributed by atoms with Gasteiger partial charge in [0.05, 0.1) is 18.7 Å². The third kappa shape index (κ3) is 4.44. The molecule has 0 amide bonds. The van der Waals surface area contributed by atoms with Crippen molar-refractivity contribution in [2.45, 2.75) is 27.7 Å². The van der Waals surface area contributed by atoms with E-state index in [4.69, 9.17) is 9.05 Å². The molecule has 0 bridgehead atoms. The lowest BCUT2D eigenvalue weighted by Crippen LogP contribution is -2.12. The van der Waals surface area contributed by atoms with Gasteiger partial charge >= 0.3 is 13.6 Å². The van der Waals surface area contributed by atoms with Crippen LogP contribution in [0.15, 0.2) is 0 Å². The first kappa shape index (κ1) is 12.7. The maximum absolute atomic E-state index is 11.6. The van der Waals surface area contributed by atoms with Crippen molar-refractivity contribution in [2.75, 3.05) is 12.8 Å². The summed E-state index contributed by atoms with van der Waals surface area (Å²) in [5.41, 5.74) is 0. The van der Waals surface area contributed by atoms with Crippen LogP contribution in [0.25, 0.3) is 0 Å². The molecule has 78 valence electrons. The maximum atomic E-state index is 11.6. The van der Waals surface area contributed by atoms with Gasteiger partial charge in [-0.05, 0) is 6.92 Å². The Morgan fingerprint density at radius 1 is 1.38 bits per heavy atom. The molecule has 0 aromatic rings. The zero-order valence-electron chi connectivity index (χ0n) is 8.57. The van der Waals surface area contributed by atoms with Gasteiger partial charge in [-0.15, -0.1) is 0 Å². The van der Waals surface area contributed by atoms with Crippen LogP contribution >= 0.6 is 7.60 Å². The van der Waals surface area contributed by atoms with Crippen LogP contribution in [0.3, 0.4) is 0 Å². The van der Waals surface area contributed by atoms with Crippen LogP contribution in [0.1, 0.15) is 27.7 Å². The first-order valence-corrected chi connectivity index (χ1v) is 6.15. The van der Waals surface area contributed by atoms with Crippen LogP contribution in [0.2, 0.25) is 0 Å². The van der Waals surface area contributed by atoms with E-state index in [2.05, 4.69) is 0 Å². The Bertz CT molecular complexity index is 212. The minimum absolute atomic E-state index is 0.222. The molecule has 0 radical (unpaired) electrons. The first-order chi connectivity index (χ1) is 5.95. The van der Waals surface area contributed by atoms with Crippen molar-refractivity contribution in [3.8, 4) is 0 Å². The van der Waals surface area contributed by atoms with Crippen LogP contribution in [-0.4, -0.2) is 18.7 Å². The van der Waals surface area contributed by atoms with Gasteiger partial charge in [-0.1, -0.05) is 20.8 Å². The zero-order chi connectivity index (χ0) is 10.5. The average Bonchev–Trinajstić information content (AvgIpc) is 2.04. The highest BCUT2D eigenvalue weighted by Crippen LogP contribution is 2.48. The van der Waals surface area contributed by atoms with Gasteiger partial charge in [0, 0.05) is 0 Å². The second-order valence-electron chi connectivity index (χ2n) is 2.91. The molecule has 0 heterocycles. The van der Waals surface area contributed by atoms with Crippen molar-refractivity contribution in [1.29, 1.82) is 0 Å². The van der Waals surface area contributed by atoms with E-state index in [1.165, 1.54) is 0 Å². The van der Waals surface area contributed by atoms with E-state index in [1.54, 1.807) is 27.7 Å². The topological polar surface area (TPSA) is 52.6 Å². The summed E-state index contributed by atoms with van der Waals surface area (Å²) in [5, 5.41) is 0. The molecule has 4 nitrogen and oxygen atoms in total. The van der Waals surface area contributed by atoms with E-state index in [-0.39, 0.29) is 18.7 Å². The van der Waals surface area contributed by atoms with Crippen LogP contribution in [0, 0.1) is 5.92 Å². The van der Waals surface area contributed by atoms with Crippen molar-refractivity contribution >= 4 is 13.6 Å². The Hall–Kier alpha value is -0.340. The van der Waals surface area contributed by atoms with Gasteiger partial charge in [0.2, 0.25) is 0 Å². The summed E-state index contributed by atoms with van der Waals surface area (Å²) in [4.78, 5) is 11.1. The maximum Gasteiger partial charge on any atom is 0.381 e. The summed E-state index contributed by atoms with van der Waals surface area (Å²) in [6, 6.07) is 0. The highest BCUT2D eigenvalue weighted by Gasteiger charge is 2.26. The quantitative estimate of drug-likeness (QED) is 0.651. The molecule has 0 aliphatic rings. The van der Waals surface area contributed by atoms with Crippen molar-refractivity contribution < 1.29 is 18.4 Å². The Morgan fingerprint density at radius 2 is 1.92 bits per heavy atom. The smallest absolute Gasteiger partial charge is 0.381 e. The van der Waals surface area contributed by atoms with E-state index in [0.717, 1.165) is 0 Å². The molecule has 0 rings (SSSR count). The van der Waals surface area contributed by atoms with Gasteiger partial charge in [0.25, 0.3) is 0 Å². The molecule has 0 unspecified atom stereocenters. The minimum Gasteiger partial charge on any atom is -0.391 e. The fourth-order valence-corrected chi connectivity index (χ4v) is 1.86. The van der Waals surface area contributed by atoms with Crippen LogP contribution in [0.4, 0.5) is 0 Å². The van der Waals surface area contributed by atoms with Crippen LogP contribution in [0.5, 0.6) is 0 Å². The molecule has 0 saturated heterocycles. The number of hydrogen-bond acceptors (Lipinski definition) is 4. The Labute approximate surface area is 79.1 Å². The summed E-state index contributed by atoms with van der Waals surface area (Å²) in [7, 11) is -3.16. The monoisotopic (exact) mass is 208 g/mol. The molecule has 0 aromatic heterocycles. The van der Waals surface area contributed by atoms with Crippen molar-refractivity contribution in [3.05, 3.63) is 0 Å². The molecular formula is C8H17O4P. The van der Waals surface area contributed by atoms with Gasteiger partial charge < -0.3 is 9.05 Å². The van der Waals surface area contributed by atoms with Crippen LogP contribution in [-0.2, 0) is 18.4 Å². The van der Waals surface area contributed by atoms with Crippen molar-refractivity contribution in [2.24, 2.45) is 5.92 Å². The SMILES string of the molecule is CCO[P@](=O)(CC)OC(=O)C(C)C. The molecule has 0 spiro atoms. The van der Waals surface area contributed by atoms with E-state index in [9.17, 15) is 9.36 Å². The highest BCUT2D eigenvalue weighted by atomic mass is 31.2. The highest BCUT2D eigenvalue weighted by molar-refractivity contribution is 7.54. The normalized spacial score (nSPS) is 15.5. The van der Waals surface area contributed by atoms with E-state index in [0.29, 0.717) is 0 Å². The lowest BCUT2D eigenvalue weighted by Gasteiger charge is -2.16. The molecule has 13 heavy (non-hydrogen) atoms. The third-order valence-corrected chi connectivity index (χ3v) is 3.30. The van der Waals surface area contributed by atoms with Gasteiger partial charge in [-0.25, -0.2) is 4.57 Å². The van der Waals surface area contributed by atoms with Gasteiger partial charge in [-0.3, -0.25) is 4.79 Å². The van der Waals surface area contributed by atoms with Crippen LogP contribution < -0.4 is 0 Å². The van der Waals surface area contributed by atoms with Crippen molar-refractivity contribution in [3.63, 3.8) is 0 Å². The Balaban J connectivity index is 4.27. The van der Waals surface area contributed by atoms with Gasteiger partial charge in [0.15, 0.2) is 0 Å². The summed E-state index contributed by atoms with van der Waals surface area (Å²) >= 11 is 0. The number of hydrogen-bond donors (Lipinski definition) is 0. The molecule has 0 saturated carbocycles. The average molecular weight is 208 g/mol. The molecule has 0 N–H and O–H groups in total. The van der Waals surface area contributed by atoms with E-state index < -0.39 is 13.6 Å². The second kappa shape index (κ2) is 5.40. The van der Waals surface area contributed by atoms with E-state index in [1.807, 2.05) is 0 Å². The summed E-state index contributed by atoms with van der Waals surface area (Å²) < 4.78 is 21.3. The molecule has 0 aliphatic carbocycles. The van der Waals surface area contributed by atoms with Crippen molar-refractivity contribution in [1.82, 2.24) is 0 Å². The number of carbonyl (C=O) groups is 1. The molecule has 1 atom stereocenters. The molecular weight excluding hydrogens is 191 g/mol. The lowest BCUT2D eigenvalue weighted by molar-refractivity contribution is -0.138. The fourth-order valence-electron chi connectivity index (χ4n) is 0.621. The first-order valence-electron chi connectivity index (χ1n) is 4.42. The number of rotatable bonds is 5. The Kier molecular flexibility index (Phi) is 5.26. The predicted molar refractivity (Wildman–Crippen MR) is 50.7 cm³/mol. The zero-order valence-corrected chi connectivity index (χ0v) is 9.47. The van der Waals surface area contributed by atoms with Gasteiger partial charge in [-0.2, -0.15) is 0 Å². The third-order valence-electron chi connectivity index (χ3n) is 1.41. The van der Waals surface area contributed by atoms with Gasteiger partial charge in [0.1, 0.15) is 0 Å². The second-order valence-corrected chi connectivity index (χ2v) is 5.20. The standard InChI is InChI=1S/C8H17O4P/c1-5-11-13(10,6-2)12-8(9)7(3)4/h7H,5-6H2,1-4H3/t13-/m1/s1. The summed E-state index contributed by atoms with van der Waals surface area (Å²) in [6.07, 6.45) is 0.222.